The number of rotatable bonds is 4. The molecular weight excluding hydrogens is 248 g/mol. The Morgan fingerprint density at radius 1 is 1.15 bits per heavy atom. The number of hydrazine groups is 1. The fourth-order valence-electron chi connectivity index (χ4n) is 2.12. The largest absolute Gasteiger partial charge is 0.271 e. The van der Waals surface area contributed by atoms with Gasteiger partial charge >= 0.3 is 0 Å². The minimum atomic E-state index is -0.0239. The molecule has 0 saturated heterocycles. The molecule has 0 saturated carbocycles. The van der Waals surface area contributed by atoms with Crippen LogP contribution in [0, 0.1) is 0 Å². The molecule has 2 rings (SSSR count). The monoisotopic (exact) mass is 270 g/mol. The molecule has 0 bridgehead atoms. The maximum Gasteiger partial charge on any atom is 0.0772 e. The van der Waals surface area contributed by atoms with Gasteiger partial charge in [-0.25, -0.2) is 0 Å². The Hall–Kier alpha value is -1.78. The van der Waals surface area contributed by atoms with E-state index in [1.165, 1.54) is 11.1 Å². The van der Waals surface area contributed by atoms with Crippen LogP contribution in [0.3, 0.4) is 0 Å². The molecule has 0 amide bonds. The molecule has 4 heteroatoms. The summed E-state index contributed by atoms with van der Waals surface area (Å²) < 4.78 is 0. The van der Waals surface area contributed by atoms with E-state index in [2.05, 4.69) is 60.4 Å². The van der Waals surface area contributed by atoms with Gasteiger partial charge in [-0.2, -0.15) is 0 Å². The summed E-state index contributed by atoms with van der Waals surface area (Å²) in [5.74, 6) is 5.63. The van der Waals surface area contributed by atoms with E-state index in [1.54, 1.807) is 18.6 Å². The highest BCUT2D eigenvalue weighted by Crippen LogP contribution is 2.23. The van der Waals surface area contributed by atoms with Crippen molar-refractivity contribution in [2.75, 3.05) is 0 Å². The second-order valence-electron chi connectivity index (χ2n) is 6.00. The molecule has 106 valence electrons. The first-order valence-corrected chi connectivity index (χ1v) is 6.82. The van der Waals surface area contributed by atoms with Crippen molar-refractivity contribution in [2.45, 2.75) is 38.6 Å². The number of nitrogens with zero attached hydrogens (tertiary/aromatic N) is 2. The van der Waals surface area contributed by atoms with E-state index in [0.29, 0.717) is 0 Å². The van der Waals surface area contributed by atoms with E-state index in [0.717, 1.165) is 12.1 Å². The Labute approximate surface area is 120 Å². The first-order valence-electron chi connectivity index (χ1n) is 6.82. The van der Waals surface area contributed by atoms with Gasteiger partial charge in [0.05, 0.1) is 17.9 Å². The number of nitrogens with two attached hydrogens (primary N) is 1. The summed E-state index contributed by atoms with van der Waals surface area (Å²) in [7, 11) is 0. The smallest absolute Gasteiger partial charge is 0.0772 e. The van der Waals surface area contributed by atoms with E-state index in [-0.39, 0.29) is 11.5 Å². The Morgan fingerprint density at radius 2 is 1.85 bits per heavy atom. The maximum absolute atomic E-state index is 5.63. The zero-order valence-electron chi connectivity index (χ0n) is 12.3. The van der Waals surface area contributed by atoms with Gasteiger partial charge in [-0.15, -0.1) is 0 Å². The predicted octanol–water partition coefficient (Wildman–Crippen LogP) is 2.52. The Morgan fingerprint density at radius 3 is 2.35 bits per heavy atom. The van der Waals surface area contributed by atoms with Gasteiger partial charge in [0.15, 0.2) is 0 Å². The number of hydrogen-bond acceptors (Lipinski definition) is 4. The molecule has 20 heavy (non-hydrogen) atoms. The van der Waals surface area contributed by atoms with E-state index >= 15 is 0 Å². The van der Waals surface area contributed by atoms with Gasteiger partial charge in [-0.3, -0.25) is 21.2 Å². The molecule has 0 aliphatic carbocycles. The summed E-state index contributed by atoms with van der Waals surface area (Å²) in [4.78, 5) is 8.38. The summed E-state index contributed by atoms with van der Waals surface area (Å²) in [5.41, 5.74) is 6.40. The lowest BCUT2D eigenvalue weighted by molar-refractivity contribution is 0.535. The molecular formula is C16H22N4. The van der Waals surface area contributed by atoms with Crippen LogP contribution in [0.4, 0.5) is 0 Å². The summed E-state index contributed by atoms with van der Waals surface area (Å²) in [6.45, 7) is 6.64. The van der Waals surface area contributed by atoms with E-state index in [1.807, 2.05) is 0 Å². The van der Waals surface area contributed by atoms with Crippen molar-refractivity contribution in [1.82, 2.24) is 15.4 Å². The second kappa shape index (κ2) is 6.11. The Balaban J connectivity index is 2.13. The number of nitrogens with one attached hydrogen (secondary N) is 1. The zero-order chi connectivity index (χ0) is 14.6. The van der Waals surface area contributed by atoms with Gasteiger partial charge in [-0.1, -0.05) is 45.0 Å². The topological polar surface area (TPSA) is 63.8 Å². The molecule has 1 unspecified atom stereocenters. The van der Waals surface area contributed by atoms with Crippen LogP contribution in [-0.4, -0.2) is 9.97 Å². The second-order valence-corrected chi connectivity index (χ2v) is 6.00. The predicted molar refractivity (Wildman–Crippen MR) is 80.9 cm³/mol. The maximum atomic E-state index is 5.63. The molecule has 0 spiro atoms. The van der Waals surface area contributed by atoms with Crippen LogP contribution < -0.4 is 11.3 Å². The average Bonchev–Trinajstić information content (AvgIpc) is 2.45. The molecule has 1 aromatic carbocycles. The van der Waals surface area contributed by atoms with Gasteiger partial charge < -0.3 is 0 Å². The van der Waals surface area contributed by atoms with Crippen molar-refractivity contribution in [2.24, 2.45) is 5.84 Å². The van der Waals surface area contributed by atoms with Crippen molar-refractivity contribution in [1.29, 1.82) is 0 Å². The molecule has 1 heterocycles. The van der Waals surface area contributed by atoms with Crippen molar-refractivity contribution in [3.05, 3.63) is 59.7 Å². The third-order valence-electron chi connectivity index (χ3n) is 3.40. The van der Waals surface area contributed by atoms with Crippen LogP contribution in [0.1, 0.15) is 43.6 Å². The standard InChI is InChI=1S/C16H22N4/c1-16(2,3)13-6-4-12(5-7-13)10-14(20-17)15-11-18-8-9-19-15/h4-9,11,14,20H,10,17H2,1-3H3. The number of aromatic nitrogens is 2. The van der Waals surface area contributed by atoms with Crippen molar-refractivity contribution in [3.63, 3.8) is 0 Å². The third kappa shape index (κ3) is 3.62. The molecule has 3 N–H and O–H groups in total. The van der Waals surface area contributed by atoms with E-state index in [4.69, 9.17) is 5.84 Å². The third-order valence-corrected chi connectivity index (χ3v) is 3.40. The highest BCUT2D eigenvalue weighted by Gasteiger charge is 2.15. The SMILES string of the molecule is CC(C)(C)c1ccc(CC(NN)c2cnccn2)cc1. The normalized spacial score (nSPS) is 13.2. The minimum Gasteiger partial charge on any atom is -0.271 e. The van der Waals surface area contributed by atoms with Crippen LogP contribution >= 0.6 is 0 Å². The summed E-state index contributed by atoms with van der Waals surface area (Å²) in [6.07, 6.45) is 5.88. The van der Waals surface area contributed by atoms with Gasteiger partial charge in [0, 0.05) is 12.4 Å². The van der Waals surface area contributed by atoms with Crippen molar-refractivity contribution in [3.8, 4) is 0 Å². The molecule has 0 aliphatic heterocycles. The number of benzene rings is 1. The molecule has 0 fully saturated rings. The molecule has 0 radical (unpaired) electrons. The van der Waals surface area contributed by atoms with Gasteiger partial charge in [0.2, 0.25) is 0 Å². The fraction of sp³-hybridized carbons (Fsp3) is 0.375. The lowest BCUT2D eigenvalue weighted by atomic mass is 9.86. The van der Waals surface area contributed by atoms with Crippen LogP contribution in [0.25, 0.3) is 0 Å². The first kappa shape index (κ1) is 14.6. The van der Waals surface area contributed by atoms with Crippen molar-refractivity contribution >= 4 is 0 Å². The quantitative estimate of drug-likeness (QED) is 0.662. The Bertz CT molecular complexity index is 529. The van der Waals surface area contributed by atoms with Gasteiger partial charge in [-0.05, 0) is 23.0 Å². The molecule has 4 nitrogen and oxygen atoms in total. The fourth-order valence-corrected chi connectivity index (χ4v) is 2.12. The lowest BCUT2D eigenvalue weighted by Crippen LogP contribution is -2.30. The first-order chi connectivity index (χ1) is 9.50. The lowest BCUT2D eigenvalue weighted by Gasteiger charge is -2.20. The van der Waals surface area contributed by atoms with Crippen LogP contribution in [0.15, 0.2) is 42.9 Å². The van der Waals surface area contributed by atoms with Crippen LogP contribution in [0.5, 0.6) is 0 Å². The van der Waals surface area contributed by atoms with Gasteiger partial charge in [0.1, 0.15) is 0 Å². The molecule has 1 aromatic heterocycles. The van der Waals surface area contributed by atoms with Crippen LogP contribution in [0.2, 0.25) is 0 Å². The highest BCUT2D eigenvalue weighted by atomic mass is 15.2. The minimum absolute atomic E-state index is 0.0239. The van der Waals surface area contributed by atoms with Gasteiger partial charge in [0.25, 0.3) is 0 Å². The Kier molecular flexibility index (Phi) is 4.47. The summed E-state index contributed by atoms with van der Waals surface area (Å²) in [5, 5.41) is 0. The van der Waals surface area contributed by atoms with E-state index < -0.39 is 0 Å². The summed E-state index contributed by atoms with van der Waals surface area (Å²) in [6, 6.07) is 8.64. The van der Waals surface area contributed by atoms with Crippen LogP contribution in [-0.2, 0) is 11.8 Å². The zero-order valence-corrected chi connectivity index (χ0v) is 12.3. The van der Waals surface area contributed by atoms with Crippen molar-refractivity contribution < 1.29 is 0 Å². The number of hydrogen-bond donors (Lipinski definition) is 2. The molecule has 0 aliphatic rings. The average molecular weight is 270 g/mol. The highest BCUT2D eigenvalue weighted by molar-refractivity contribution is 5.28. The summed E-state index contributed by atoms with van der Waals surface area (Å²) >= 11 is 0. The van der Waals surface area contributed by atoms with E-state index in [9.17, 15) is 0 Å². The molecule has 1 atom stereocenters. The molecule has 2 aromatic rings.